The normalized spacial score (nSPS) is 19.1. The van der Waals surface area contributed by atoms with Crippen LogP contribution in [0.2, 0.25) is 0 Å². The van der Waals surface area contributed by atoms with Gasteiger partial charge in [-0.3, -0.25) is 0 Å². The van der Waals surface area contributed by atoms with Crippen molar-refractivity contribution in [2.75, 3.05) is 33.4 Å². The van der Waals surface area contributed by atoms with E-state index in [0.29, 0.717) is 43.2 Å². The van der Waals surface area contributed by atoms with Crippen molar-refractivity contribution in [2.45, 2.75) is 37.8 Å². The average molecular weight is 412 g/mol. The minimum absolute atomic E-state index is 0.395. The van der Waals surface area contributed by atoms with E-state index in [4.69, 9.17) is 9.47 Å². The molecule has 2 aromatic rings. The summed E-state index contributed by atoms with van der Waals surface area (Å²) in [7, 11) is 1.38. The van der Waals surface area contributed by atoms with Crippen molar-refractivity contribution in [3.05, 3.63) is 54.1 Å². The zero-order valence-corrected chi connectivity index (χ0v) is 17.6. The van der Waals surface area contributed by atoms with Gasteiger partial charge in [0.05, 0.1) is 13.7 Å². The number of carbonyl (C=O) groups is 1. The number of carbonyl (C=O) groups excluding carboxylic acids is 1. The first-order valence-corrected chi connectivity index (χ1v) is 10.9. The van der Waals surface area contributed by atoms with Crippen LogP contribution in [0.25, 0.3) is 11.1 Å². The maximum atomic E-state index is 14.4. The molecule has 0 N–H and O–H groups in total. The van der Waals surface area contributed by atoms with Gasteiger partial charge in [0.15, 0.2) is 0 Å². The molecule has 30 heavy (non-hydrogen) atoms. The number of hydrogen-bond donors (Lipinski definition) is 0. The van der Waals surface area contributed by atoms with E-state index in [-0.39, 0.29) is 0 Å². The quantitative estimate of drug-likeness (QED) is 0.593. The first-order valence-electron chi connectivity index (χ1n) is 10.9. The van der Waals surface area contributed by atoms with E-state index in [1.54, 1.807) is 6.07 Å². The van der Waals surface area contributed by atoms with Crippen LogP contribution in [-0.2, 0) is 4.74 Å². The minimum Gasteiger partial charge on any atom is -0.492 e. The standard InChI is InChI=1S/C25H30FNO3/c1-29-24(28)22-9-8-21(20-6-3-2-4-7-20)16-23(22)30-17-19-10-14-27(15-11-19)18-25(26)12-5-13-25/h2-4,6-9,16,19H,5,10-15,17-18H2,1H3. The van der Waals surface area contributed by atoms with Gasteiger partial charge in [-0.1, -0.05) is 36.4 Å². The molecule has 0 bridgehead atoms. The molecule has 1 saturated carbocycles. The highest BCUT2D eigenvalue weighted by molar-refractivity contribution is 5.93. The van der Waals surface area contributed by atoms with Crippen LogP contribution in [0.3, 0.4) is 0 Å². The fraction of sp³-hybridized carbons (Fsp3) is 0.480. The van der Waals surface area contributed by atoms with Gasteiger partial charge in [-0.05, 0) is 74.4 Å². The van der Waals surface area contributed by atoms with Gasteiger partial charge >= 0.3 is 5.97 Å². The van der Waals surface area contributed by atoms with Crippen molar-refractivity contribution >= 4 is 5.97 Å². The van der Waals surface area contributed by atoms with Crippen LogP contribution in [0.15, 0.2) is 48.5 Å². The van der Waals surface area contributed by atoms with Crippen LogP contribution in [-0.4, -0.2) is 49.9 Å². The van der Waals surface area contributed by atoms with Crippen LogP contribution in [0.1, 0.15) is 42.5 Å². The van der Waals surface area contributed by atoms with Gasteiger partial charge in [-0.25, -0.2) is 9.18 Å². The number of esters is 1. The van der Waals surface area contributed by atoms with Crippen molar-refractivity contribution in [3.8, 4) is 16.9 Å². The molecule has 0 aromatic heterocycles. The van der Waals surface area contributed by atoms with E-state index in [9.17, 15) is 9.18 Å². The highest BCUT2D eigenvalue weighted by Crippen LogP contribution is 2.37. The summed E-state index contributed by atoms with van der Waals surface area (Å²) in [5.74, 6) is 0.570. The molecular weight excluding hydrogens is 381 g/mol. The van der Waals surface area contributed by atoms with Crippen molar-refractivity contribution in [2.24, 2.45) is 5.92 Å². The van der Waals surface area contributed by atoms with E-state index >= 15 is 0 Å². The van der Waals surface area contributed by atoms with Crippen LogP contribution in [0, 0.1) is 5.92 Å². The molecule has 2 aliphatic rings. The highest BCUT2D eigenvalue weighted by Gasteiger charge is 2.39. The Morgan fingerprint density at radius 3 is 2.47 bits per heavy atom. The van der Waals surface area contributed by atoms with E-state index in [2.05, 4.69) is 4.90 Å². The molecule has 4 nitrogen and oxygen atoms in total. The van der Waals surface area contributed by atoms with Crippen molar-refractivity contribution in [3.63, 3.8) is 0 Å². The number of ether oxygens (including phenoxy) is 2. The van der Waals surface area contributed by atoms with Gasteiger partial charge in [-0.15, -0.1) is 0 Å². The number of halogens is 1. The number of alkyl halides is 1. The van der Waals surface area contributed by atoms with Gasteiger partial charge in [0.1, 0.15) is 17.0 Å². The Morgan fingerprint density at radius 1 is 1.10 bits per heavy atom. The van der Waals surface area contributed by atoms with Crippen LogP contribution < -0.4 is 4.74 Å². The largest absolute Gasteiger partial charge is 0.492 e. The molecule has 2 fully saturated rings. The lowest BCUT2D eigenvalue weighted by atomic mass is 9.81. The summed E-state index contributed by atoms with van der Waals surface area (Å²) in [5, 5.41) is 0. The Labute approximate surface area is 178 Å². The number of hydrogen-bond acceptors (Lipinski definition) is 4. The summed E-state index contributed by atoms with van der Waals surface area (Å²) in [6, 6.07) is 15.6. The lowest BCUT2D eigenvalue weighted by molar-refractivity contribution is 0.00738. The SMILES string of the molecule is COC(=O)c1ccc(-c2ccccc2)cc1OCC1CCN(CC2(F)CCC2)CC1. The minimum atomic E-state index is -0.948. The molecule has 2 aromatic carbocycles. The zero-order valence-electron chi connectivity index (χ0n) is 17.6. The van der Waals surface area contributed by atoms with Crippen LogP contribution >= 0.6 is 0 Å². The second kappa shape index (κ2) is 9.17. The average Bonchev–Trinajstić information content (AvgIpc) is 2.77. The molecular formula is C25H30FNO3. The number of benzene rings is 2. The molecule has 1 aliphatic carbocycles. The third-order valence-electron chi connectivity index (χ3n) is 6.43. The lowest BCUT2D eigenvalue weighted by Gasteiger charge is -2.41. The number of piperidine rings is 1. The summed E-state index contributed by atoms with van der Waals surface area (Å²) >= 11 is 0. The Hall–Kier alpha value is -2.40. The van der Waals surface area contributed by atoms with E-state index in [1.165, 1.54) is 7.11 Å². The zero-order chi connectivity index (χ0) is 21.0. The third-order valence-corrected chi connectivity index (χ3v) is 6.43. The van der Waals surface area contributed by atoms with E-state index < -0.39 is 11.6 Å². The fourth-order valence-electron chi connectivity index (χ4n) is 4.37. The van der Waals surface area contributed by atoms with Gasteiger partial charge in [0.25, 0.3) is 0 Å². The van der Waals surface area contributed by atoms with Crippen molar-refractivity contribution < 1.29 is 18.7 Å². The Bertz CT molecular complexity index is 858. The molecule has 0 spiro atoms. The first-order chi connectivity index (χ1) is 14.6. The molecule has 160 valence electrons. The predicted octanol–water partition coefficient (Wildman–Crippen LogP) is 5.12. The monoisotopic (exact) mass is 411 g/mol. The summed E-state index contributed by atoms with van der Waals surface area (Å²) < 4.78 is 25.4. The number of nitrogens with zero attached hydrogens (tertiary/aromatic N) is 1. The van der Waals surface area contributed by atoms with E-state index in [0.717, 1.165) is 43.5 Å². The predicted molar refractivity (Wildman–Crippen MR) is 116 cm³/mol. The van der Waals surface area contributed by atoms with Gasteiger partial charge in [-0.2, -0.15) is 0 Å². The number of methoxy groups -OCH3 is 1. The molecule has 4 rings (SSSR count). The van der Waals surface area contributed by atoms with E-state index in [1.807, 2.05) is 42.5 Å². The molecule has 1 heterocycles. The maximum Gasteiger partial charge on any atom is 0.341 e. The highest BCUT2D eigenvalue weighted by atomic mass is 19.1. The molecule has 1 aliphatic heterocycles. The number of likely N-dealkylation sites (tertiary alicyclic amines) is 1. The number of rotatable bonds is 7. The lowest BCUT2D eigenvalue weighted by Crippen LogP contribution is -2.47. The Kier molecular flexibility index (Phi) is 6.38. The molecule has 0 amide bonds. The molecule has 5 heteroatoms. The second-order valence-corrected chi connectivity index (χ2v) is 8.60. The first kappa shape index (κ1) is 20.9. The summed E-state index contributed by atoms with van der Waals surface area (Å²) in [6.07, 6.45) is 4.42. The molecule has 1 saturated heterocycles. The smallest absolute Gasteiger partial charge is 0.341 e. The topological polar surface area (TPSA) is 38.8 Å². The Balaban J connectivity index is 1.39. The van der Waals surface area contributed by atoms with Gasteiger partial charge in [0, 0.05) is 6.54 Å². The Morgan fingerprint density at radius 2 is 1.83 bits per heavy atom. The third kappa shape index (κ3) is 4.84. The van der Waals surface area contributed by atoms with Crippen LogP contribution in [0.4, 0.5) is 4.39 Å². The molecule has 0 radical (unpaired) electrons. The van der Waals surface area contributed by atoms with Crippen molar-refractivity contribution in [1.29, 1.82) is 0 Å². The fourth-order valence-corrected chi connectivity index (χ4v) is 4.37. The molecule has 0 atom stereocenters. The summed E-state index contributed by atoms with van der Waals surface area (Å²) in [5.41, 5.74) is 1.57. The van der Waals surface area contributed by atoms with Crippen LogP contribution in [0.5, 0.6) is 5.75 Å². The van der Waals surface area contributed by atoms with Gasteiger partial charge in [0.2, 0.25) is 0 Å². The van der Waals surface area contributed by atoms with Crippen molar-refractivity contribution in [1.82, 2.24) is 4.90 Å². The molecule has 0 unspecified atom stereocenters. The summed E-state index contributed by atoms with van der Waals surface area (Å²) in [6.45, 7) is 2.95. The van der Waals surface area contributed by atoms with Gasteiger partial charge < -0.3 is 14.4 Å². The maximum absolute atomic E-state index is 14.4. The second-order valence-electron chi connectivity index (χ2n) is 8.60. The summed E-state index contributed by atoms with van der Waals surface area (Å²) in [4.78, 5) is 14.5.